The normalized spacial score (nSPS) is 11.9. The van der Waals surface area contributed by atoms with Crippen molar-refractivity contribution in [1.29, 1.82) is 5.26 Å². The summed E-state index contributed by atoms with van der Waals surface area (Å²) in [4.78, 5) is 38.4. The second-order valence-corrected chi connectivity index (χ2v) is 7.62. The van der Waals surface area contributed by atoms with Crippen molar-refractivity contribution in [2.24, 2.45) is 5.10 Å². The molecule has 3 aromatic carbocycles. The number of aromatic nitrogens is 2. The number of aromatic amines is 1. The Morgan fingerprint density at radius 3 is 2.40 bits per heavy atom. The maximum Gasteiger partial charge on any atom is 0.272 e. The van der Waals surface area contributed by atoms with E-state index in [1.807, 2.05) is 0 Å². The van der Waals surface area contributed by atoms with Gasteiger partial charge in [-0.05, 0) is 42.8 Å². The fourth-order valence-corrected chi connectivity index (χ4v) is 3.50. The molecule has 9 nitrogen and oxygen atoms in total. The van der Waals surface area contributed by atoms with Gasteiger partial charge in [-0.25, -0.2) is 10.5 Å². The molecule has 1 aromatic heterocycles. The molecule has 3 N–H and O–H groups in total. The van der Waals surface area contributed by atoms with Crippen molar-refractivity contribution < 1.29 is 9.59 Å². The van der Waals surface area contributed by atoms with Gasteiger partial charge in [0.2, 0.25) is 0 Å². The van der Waals surface area contributed by atoms with Crippen LogP contribution < -0.4 is 16.3 Å². The highest BCUT2D eigenvalue weighted by Crippen LogP contribution is 2.20. The highest BCUT2D eigenvalue weighted by molar-refractivity contribution is 6.01. The van der Waals surface area contributed by atoms with Gasteiger partial charge in [0.25, 0.3) is 17.4 Å². The van der Waals surface area contributed by atoms with Crippen LogP contribution in [-0.2, 0) is 4.79 Å². The van der Waals surface area contributed by atoms with E-state index < -0.39 is 23.4 Å². The number of fused-ring (bicyclic) bond motifs is 1. The lowest BCUT2D eigenvalue weighted by atomic mass is 10.0. The van der Waals surface area contributed by atoms with Gasteiger partial charge < -0.3 is 5.32 Å². The van der Waals surface area contributed by atoms with Crippen LogP contribution in [0.3, 0.4) is 0 Å². The lowest BCUT2D eigenvalue weighted by molar-refractivity contribution is -0.123. The molecule has 0 saturated heterocycles. The maximum absolute atomic E-state index is 13.3. The second kappa shape index (κ2) is 10.2. The van der Waals surface area contributed by atoms with Crippen LogP contribution in [0.2, 0.25) is 0 Å². The highest BCUT2D eigenvalue weighted by Gasteiger charge is 2.27. The number of benzene rings is 3. The van der Waals surface area contributed by atoms with Gasteiger partial charge in [0.05, 0.1) is 22.7 Å². The van der Waals surface area contributed by atoms with E-state index in [0.29, 0.717) is 33.2 Å². The molecule has 172 valence electrons. The van der Waals surface area contributed by atoms with Gasteiger partial charge in [-0.3, -0.25) is 14.4 Å². The van der Waals surface area contributed by atoms with Crippen LogP contribution in [0.5, 0.6) is 0 Å². The lowest BCUT2D eigenvalue weighted by Crippen LogP contribution is -2.40. The number of rotatable bonds is 6. The molecule has 0 fully saturated rings. The zero-order valence-electron chi connectivity index (χ0n) is 18.6. The van der Waals surface area contributed by atoms with Crippen LogP contribution in [-0.4, -0.2) is 27.7 Å². The van der Waals surface area contributed by atoms with E-state index in [-0.39, 0.29) is 5.69 Å². The van der Waals surface area contributed by atoms with Crippen molar-refractivity contribution in [3.8, 4) is 6.07 Å². The first-order chi connectivity index (χ1) is 17.0. The average molecular weight is 464 g/mol. The minimum atomic E-state index is -1.26. The van der Waals surface area contributed by atoms with E-state index in [4.69, 9.17) is 5.26 Å². The fourth-order valence-electron chi connectivity index (χ4n) is 3.50. The number of H-pyrrole nitrogens is 1. The molecule has 1 unspecified atom stereocenters. The third-order valence-corrected chi connectivity index (χ3v) is 5.32. The molecule has 9 heteroatoms. The molecule has 1 atom stereocenters. The van der Waals surface area contributed by atoms with Crippen LogP contribution >= 0.6 is 0 Å². The summed E-state index contributed by atoms with van der Waals surface area (Å²) in [6.07, 6.45) is 0. The summed E-state index contributed by atoms with van der Waals surface area (Å²) in [6, 6.07) is 22.7. The Morgan fingerprint density at radius 2 is 1.66 bits per heavy atom. The zero-order chi connectivity index (χ0) is 24.8. The number of carbonyl (C=O) groups excluding carboxylic acids is 2. The second-order valence-electron chi connectivity index (χ2n) is 7.62. The monoisotopic (exact) mass is 464 g/mol. The number of nitriles is 1. The first-order valence-electron chi connectivity index (χ1n) is 10.7. The summed E-state index contributed by atoms with van der Waals surface area (Å²) in [5, 5.41) is 23.2. The van der Waals surface area contributed by atoms with Gasteiger partial charge in [0, 0.05) is 10.9 Å². The summed E-state index contributed by atoms with van der Waals surface area (Å²) >= 11 is 0. The molecule has 0 spiro atoms. The van der Waals surface area contributed by atoms with Crippen LogP contribution in [0, 0.1) is 11.3 Å². The Balaban J connectivity index is 1.70. The molecule has 4 aromatic rings. The molecule has 4 rings (SSSR count). The Labute approximate surface area is 200 Å². The van der Waals surface area contributed by atoms with Crippen LogP contribution in [0.4, 0.5) is 0 Å². The summed E-state index contributed by atoms with van der Waals surface area (Å²) in [5.41, 5.74) is 4.16. The molecule has 0 aliphatic rings. The highest BCUT2D eigenvalue weighted by atomic mass is 16.2. The Morgan fingerprint density at radius 1 is 0.971 bits per heavy atom. The van der Waals surface area contributed by atoms with Crippen LogP contribution in [0.15, 0.2) is 88.8 Å². The molecule has 0 radical (unpaired) electrons. The third kappa shape index (κ3) is 5.12. The quantitative estimate of drug-likeness (QED) is 0.297. The fraction of sp³-hybridized carbons (Fsp3) is 0.0769. The van der Waals surface area contributed by atoms with Crippen molar-refractivity contribution in [1.82, 2.24) is 20.9 Å². The van der Waals surface area contributed by atoms with Crippen LogP contribution in [0.25, 0.3) is 10.8 Å². The summed E-state index contributed by atoms with van der Waals surface area (Å²) < 4.78 is 0. The number of nitrogens with zero attached hydrogens (tertiary/aromatic N) is 3. The van der Waals surface area contributed by atoms with E-state index in [1.165, 1.54) is 0 Å². The number of carbonyl (C=O) groups is 2. The average Bonchev–Trinajstić information content (AvgIpc) is 2.91. The van der Waals surface area contributed by atoms with E-state index in [9.17, 15) is 14.4 Å². The largest absolute Gasteiger partial charge is 0.335 e. The number of amides is 2. The maximum atomic E-state index is 13.3. The van der Waals surface area contributed by atoms with Crippen molar-refractivity contribution in [3.05, 3.63) is 112 Å². The lowest BCUT2D eigenvalue weighted by Gasteiger charge is -2.18. The zero-order valence-corrected chi connectivity index (χ0v) is 18.6. The molecule has 0 saturated carbocycles. The molecular formula is C26H20N6O3. The van der Waals surface area contributed by atoms with Gasteiger partial charge in [-0.15, -0.1) is 0 Å². The Hall–Kier alpha value is -5.10. The number of hydrazone groups is 1. The summed E-state index contributed by atoms with van der Waals surface area (Å²) in [6.45, 7) is 1.68. The molecular weight excluding hydrogens is 444 g/mol. The van der Waals surface area contributed by atoms with E-state index in [2.05, 4.69) is 32.1 Å². The predicted molar refractivity (Wildman–Crippen MR) is 131 cm³/mol. The molecule has 2 amide bonds. The Kier molecular flexibility index (Phi) is 6.74. The van der Waals surface area contributed by atoms with Gasteiger partial charge >= 0.3 is 0 Å². The van der Waals surface area contributed by atoms with E-state index in [1.54, 1.807) is 85.8 Å². The SMILES string of the molecule is CC(=NNC(=O)C(NC(=O)c1ccccc1)c1n[nH]c(=O)c2ccccc12)c1cccc(C#N)c1. The van der Waals surface area contributed by atoms with Gasteiger partial charge in [0.15, 0.2) is 6.04 Å². The van der Waals surface area contributed by atoms with Crippen molar-refractivity contribution in [3.63, 3.8) is 0 Å². The van der Waals surface area contributed by atoms with Crippen molar-refractivity contribution >= 4 is 28.3 Å². The molecule has 0 bridgehead atoms. The topological polar surface area (TPSA) is 140 Å². The van der Waals surface area contributed by atoms with Gasteiger partial charge in [-0.1, -0.05) is 48.5 Å². The predicted octanol–water partition coefficient (Wildman–Crippen LogP) is 2.81. The Bertz CT molecular complexity index is 1540. The van der Waals surface area contributed by atoms with E-state index >= 15 is 0 Å². The van der Waals surface area contributed by atoms with Crippen molar-refractivity contribution in [2.45, 2.75) is 13.0 Å². The van der Waals surface area contributed by atoms with E-state index in [0.717, 1.165) is 0 Å². The molecule has 1 heterocycles. The summed E-state index contributed by atoms with van der Waals surface area (Å²) in [7, 11) is 0. The van der Waals surface area contributed by atoms with Crippen LogP contribution in [0.1, 0.15) is 40.1 Å². The smallest absolute Gasteiger partial charge is 0.272 e. The molecule has 35 heavy (non-hydrogen) atoms. The molecule has 0 aliphatic carbocycles. The number of nitrogens with one attached hydrogen (secondary N) is 3. The van der Waals surface area contributed by atoms with Crippen molar-refractivity contribution in [2.75, 3.05) is 0 Å². The molecule has 0 aliphatic heterocycles. The van der Waals surface area contributed by atoms with Gasteiger partial charge in [0.1, 0.15) is 5.69 Å². The van der Waals surface area contributed by atoms with Gasteiger partial charge in [-0.2, -0.15) is 15.5 Å². The number of hydrogen-bond donors (Lipinski definition) is 3. The summed E-state index contributed by atoms with van der Waals surface area (Å²) in [5.74, 6) is -1.15. The standard InChI is InChI=1S/C26H20N6O3/c1-16(19-11-7-8-17(14-19)15-27)29-32-26(35)23(28-24(33)18-9-3-2-4-10-18)22-20-12-5-6-13-21(20)25(34)31-30-22/h2-14,23H,1H3,(H,28,33)(H,31,34)(H,32,35). The third-order valence-electron chi connectivity index (χ3n) is 5.32. The first-order valence-corrected chi connectivity index (χ1v) is 10.7. The number of hydrogen-bond acceptors (Lipinski definition) is 6. The minimum Gasteiger partial charge on any atom is -0.335 e. The first kappa shape index (κ1) is 23.1. The minimum absolute atomic E-state index is 0.168.